The summed E-state index contributed by atoms with van der Waals surface area (Å²) in [5.41, 5.74) is 4.43. The Bertz CT molecular complexity index is 1390. The van der Waals surface area contributed by atoms with Gasteiger partial charge in [-0.15, -0.1) is 10.2 Å². The molecule has 34 heavy (non-hydrogen) atoms. The molecule has 0 N–H and O–H groups in total. The second kappa shape index (κ2) is 9.75. The average Bonchev–Trinajstić information content (AvgIpc) is 3.48. The highest BCUT2D eigenvalue weighted by Gasteiger charge is 2.12. The highest BCUT2D eigenvalue weighted by atomic mass is 16.5. The van der Waals surface area contributed by atoms with Crippen LogP contribution in [0, 0.1) is 0 Å². The molecule has 4 heterocycles. The molecule has 0 bridgehead atoms. The Balaban J connectivity index is 1.34. The lowest BCUT2D eigenvalue weighted by molar-refractivity contribution is 0.172. The number of rotatable bonds is 9. The van der Waals surface area contributed by atoms with Gasteiger partial charge in [-0.2, -0.15) is 14.7 Å². The lowest BCUT2D eigenvalue weighted by Gasteiger charge is -2.07. The van der Waals surface area contributed by atoms with Crippen LogP contribution >= 0.6 is 0 Å². The van der Waals surface area contributed by atoms with Gasteiger partial charge in [-0.25, -0.2) is 9.97 Å². The summed E-state index contributed by atoms with van der Waals surface area (Å²) in [4.78, 5) is 8.92. The summed E-state index contributed by atoms with van der Waals surface area (Å²) in [5.74, 6) is 2.02. The smallest absolute Gasteiger partial charge is 0.177 e. The van der Waals surface area contributed by atoms with Crippen molar-refractivity contribution in [2.24, 2.45) is 7.05 Å². The molecule has 10 nitrogen and oxygen atoms in total. The van der Waals surface area contributed by atoms with Crippen molar-refractivity contribution in [1.82, 2.24) is 39.6 Å². The Morgan fingerprint density at radius 2 is 1.82 bits per heavy atom. The molecule has 4 aromatic heterocycles. The Labute approximate surface area is 196 Å². The number of ether oxygens (including phenoxy) is 2. The number of nitrogens with zero attached hydrogens (tertiary/aromatic N) is 8. The van der Waals surface area contributed by atoms with Gasteiger partial charge in [0.15, 0.2) is 23.0 Å². The first kappa shape index (κ1) is 21.7. The van der Waals surface area contributed by atoms with Crippen molar-refractivity contribution in [2.45, 2.75) is 12.8 Å². The Morgan fingerprint density at radius 1 is 0.941 bits per heavy atom. The number of hydrogen-bond acceptors (Lipinski definition) is 8. The molecule has 0 saturated carbocycles. The first-order chi connectivity index (χ1) is 16.7. The molecule has 0 spiro atoms. The lowest BCUT2D eigenvalue weighted by Crippen LogP contribution is -2.02. The molecule has 5 aromatic rings. The summed E-state index contributed by atoms with van der Waals surface area (Å²) >= 11 is 0. The standard InChI is InChI=1S/C24H24N8O2/c1-31-16-19(13-27-31)21-7-8-22-28-29-23(32(22)30-21)12-17-5-3-6-18(11-17)24-25-14-20(15-26-24)34-10-4-9-33-2/h3,5-8,11,13-16H,4,9-10,12H2,1-2H3. The summed E-state index contributed by atoms with van der Waals surface area (Å²) in [6, 6.07) is 11.9. The molecule has 1 aromatic carbocycles. The largest absolute Gasteiger partial charge is 0.490 e. The fraction of sp³-hybridized carbons (Fsp3) is 0.250. The monoisotopic (exact) mass is 456 g/mol. The fourth-order valence-electron chi connectivity index (χ4n) is 3.59. The van der Waals surface area contributed by atoms with E-state index in [1.54, 1.807) is 34.9 Å². The molecule has 5 rings (SSSR count). The van der Waals surface area contributed by atoms with E-state index in [0.717, 1.165) is 34.6 Å². The highest BCUT2D eigenvalue weighted by molar-refractivity contribution is 5.59. The van der Waals surface area contributed by atoms with E-state index in [1.807, 2.05) is 43.6 Å². The van der Waals surface area contributed by atoms with E-state index in [9.17, 15) is 0 Å². The van der Waals surface area contributed by atoms with Crippen molar-refractivity contribution >= 4 is 5.65 Å². The van der Waals surface area contributed by atoms with Crippen LogP contribution in [0.2, 0.25) is 0 Å². The second-order valence-electron chi connectivity index (χ2n) is 7.82. The number of aromatic nitrogens is 8. The van der Waals surface area contributed by atoms with Crippen molar-refractivity contribution in [3.05, 3.63) is 72.6 Å². The molecule has 0 saturated heterocycles. The zero-order chi connectivity index (χ0) is 23.3. The Hall–Kier alpha value is -4.18. The summed E-state index contributed by atoms with van der Waals surface area (Å²) in [5, 5.41) is 17.6. The van der Waals surface area contributed by atoms with E-state index in [0.29, 0.717) is 36.9 Å². The Kier molecular flexibility index (Phi) is 6.21. The average molecular weight is 457 g/mol. The van der Waals surface area contributed by atoms with Gasteiger partial charge in [-0.05, 0) is 23.8 Å². The zero-order valence-electron chi connectivity index (χ0n) is 19.0. The minimum atomic E-state index is 0.564. The van der Waals surface area contributed by atoms with E-state index in [2.05, 4.69) is 31.3 Å². The fourth-order valence-corrected chi connectivity index (χ4v) is 3.59. The minimum Gasteiger partial charge on any atom is -0.490 e. The molecule has 0 aliphatic carbocycles. The molecule has 0 atom stereocenters. The molecule has 0 aliphatic rings. The summed E-state index contributed by atoms with van der Waals surface area (Å²) in [6.07, 6.45) is 8.49. The van der Waals surface area contributed by atoms with E-state index in [4.69, 9.17) is 14.6 Å². The molecule has 0 amide bonds. The van der Waals surface area contributed by atoms with Gasteiger partial charge < -0.3 is 9.47 Å². The van der Waals surface area contributed by atoms with Gasteiger partial charge in [-0.3, -0.25) is 4.68 Å². The van der Waals surface area contributed by atoms with Gasteiger partial charge in [0.05, 0.1) is 30.9 Å². The number of methoxy groups -OCH3 is 1. The van der Waals surface area contributed by atoms with Crippen LogP contribution in [0.5, 0.6) is 5.75 Å². The van der Waals surface area contributed by atoms with Gasteiger partial charge in [-0.1, -0.05) is 18.2 Å². The van der Waals surface area contributed by atoms with E-state index < -0.39 is 0 Å². The SMILES string of the molecule is COCCCOc1cnc(-c2cccc(Cc3nnc4ccc(-c5cnn(C)c5)nn34)c2)nc1. The van der Waals surface area contributed by atoms with Crippen LogP contribution in [0.4, 0.5) is 0 Å². The molecule has 0 unspecified atom stereocenters. The van der Waals surface area contributed by atoms with Gasteiger partial charge in [0.1, 0.15) is 0 Å². The normalized spacial score (nSPS) is 11.2. The number of benzene rings is 1. The predicted octanol–water partition coefficient (Wildman–Crippen LogP) is 2.99. The molecule has 0 fully saturated rings. The van der Waals surface area contributed by atoms with Crippen LogP contribution in [0.25, 0.3) is 28.3 Å². The van der Waals surface area contributed by atoms with Gasteiger partial charge in [0.25, 0.3) is 0 Å². The third-order valence-corrected chi connectivity index (χ3v) is 5.27. The van der Waals surface area contributed by atoms with Gasteiger partial charge in [0.2, 0.25) is 0 Å². The summed E-state index contributed by atoms with van der Waals surface area (Å²) in [6.45, 7) is 1.22. The minimum absolute atomic E-state index is 0.564. The maximum Gasteiger partial charge on any atom is 0.177 e. The van der Waals surface area contributed by atoms with Crippen LogP contribution in [0.15, 0.2) is 61.2 Å². The first-order valence-corrected chi connectivity index (χ1v) is 10.9. The van der Waals surface area contributed by atoms with Crippen molar-refractivity contribution < 1.29 is 9.47 Å². The molecule has 172 valence electrons. The molecule has 0 aliphatic heterocycles. The number of fused-ring (bicyclic) bond motifs is 1. The molecular formula is C24H24N8O2. The van der Waals surface area contributed by atoms with Crippen molar-refractivity contribution in [3.63, 3.8) is 0 Å². The van der Waals surface area contributed by atoms with Crippen molar-refractivity contribution in [3.8, 4) is 28.4 Å². The topological polar surface area (TPSA) is 105 Å². The third kappa shape index (κ3) is 4.76. The predicted molar refractivity (Wildman–Crippen MR) is 125 cm³/mol. The van der Waals surface area contributed by atoms with Gasteiger partial charge >= 0.3 is 0 Å². The second-order valence-corrected chi connectivity index (χ2v) is 7.82. The quantitative estimate of drug-likeness (QED) is 0.312. The lowest BCUT2D eigenvalue weighted by atomic mass is 10.1. The summed E-state index contributed by atoms with van der Waals surface area (Å²) < 4.78 is 14.2. The van der Waals surface area contributed by atoms with E-state index >= 15 is 0 Å². The Morgan fingerprint density at radius 3 is 2.62 bits per heavy atom. The van der Waals surface area contributed by atoms with Crippen LogP contribution < -0.4 is 4.74 Å². The van der Waals surface area contributed by atoms with E-state index in [-0.39, 0.29) is 0 Å². The molecule has 0 radical (unpaired) electrons. The highest BCUT2D eigenvalue weighted by Crippen LogP contribution is 2.21. The number of aryl methyl sites for hydroxylation is 1. The van der Waals surface area contributed by atoms with Crippen LogP contribution in [-0.2, 0) is 18.2 Å². The van der Waals surface area contributed by atoms with Crippen molar-refractivity contribution in [1.29, 1.82) is 0 Å². The summed E-state index contributed by atoms with van der Waals surface area (Å²) in [7, 11) is 3.56. The molecule has 10 heteroatoms. The van der Waals surface area contributed by atoms with E-state index in [1.165, 1.54) is 0 Å². The number of hydrogen-bond donors (Lipinski definition) is 0. The maximum atomic E-state index is 5.64. The maximum absolute atomic E-state index is 5.64. The van der Waals surface area contributed by atoms with Crippen molar-refractivity contribution in [2.75, 3.05) is 20.3 Å². The van der Waals surface area contributed by atoms with Gasteiger partial charge in [0, 0.05) is 50.9 Å². The van der Waals surface area contributed by atoms with Crippen LogP contribution in [-0.4, -0.2) is 59.9 Å². The zero-order valence-corrected chi connectivity index (χ0v) is 19.0. The van der Waals surface area contributed by atoms with Crippen LogP contribution in [0.3, 0.4) is 0 Å². The van der Waals surface area contributed by atoms with Crippen LogP contribution in [0.1, 0.15) is 17.8 Å². The molecular weight excluding hydrogens is 432 g/mol. The third-order valence-electron chi connectivity index (χ3n) is 5.27. The first-order valence-electron chi connectivity index (χ1n) is 10.9.